The highest BCUT2D eigenvalue weighted by molar-refractivity contribution is 5.95. The highest BCUT2D eigenvalue weighted by Crippen LogP contribution is 2.29. The topological polar surface area (TPSA) is 49.8 Å². The van der Waals surface area contributed by atoms with E-state index in [4.69, 9.17) is 4.74 Å². The summed E-state index contributed by atoms with van der Waals surface area (Å²) in [6.07, 6.45) is 0. The summed E-state index contributed by atoms with van der Waals surface area (Å²) in [4.78, 5) is 13.8. The molecule has 1 saturated heterocycles. The van der Waals surface area contributed by atoms with Crippen LogP contribution in [0.25, 0.3) is 0 Å². The van der Waals surface area contributed by atoms with E-state index >= 15 is 0 Å². The number of nitrogens with zero attached hydrogens (tertiary/aromatic N) is 1. The maximum Gasteiger partial charge on any atom is 0.254 e. The van der Waals surface area contributed by atoms with Crippen LogP contribution < -0.4 is 4.74 Å². The van der Waals surface area contributed by atoms with Gasteiger partial charge in [-0.2, -0.15) is 0 Å². The number of carbonyl (C=O) groups excluding carboxylic acids is 1. The number of rotatable bonds is 3. The average Bonchev–Trinajstić information content (AvgIpc) is 2.34. The molecule has 1 fully saturated rings. The van der Waals surface area contributed by atoms with Crippen LogP contribution in [0.15, 0.2) is 24.3 Å². The SMILES string of the molecule is COc1ccc(C(=O)N2CC(O)(C(C)C)C2)cc1. The van der Waals surface area contributed by atoms with E-state index in [1.807, 2.05) is 13.8 Å². The van der Waals surface area contributed by atoms with Crippen LogP contribution in [0.4, 0.5) is 0 Å². The molecule has 0 bridgehead atoms. The number of likely N-dealkylation sites (tertiary alicyclic amines) is 1. The van der Waals surface area contributed by atoms with Crippen molar-refractivity contribution >= 4 is 5.91 Å². The second-order valence-corrected chi connectivity index (χ2v) is 5.15. The van der Waals surface area contributed by atoms with Crippen LogP contribution in [-0.4, -0.2) is 41.7 Å². The van der Waals surface area contributed by atoms with Gasteiger partial charge in [-0.05, 0) is 30.2 Å². The molecule has 18 heavy (non-hydrogen) atoms. The van der Waals surface area contributed by atoms with Gasteiger partial charge in [0.05, 0.1) is 20.2 Å². The van der Waals surface area contributed by atoms with Gasteiger partial charge in [-0.25, -0.2) is 0 Å². The minimum Gasteiger partial charge on any atom is -0.497 e. The fraction of sp³-hybridized carbons (Fsp3) is 0.500. The molecule has 1 heterocycles. The van der Waals surface area contributed by atoms with Crippen molar-refractivity contribution in [1.29, 1.82) is 0 Å². The first-order valence-electron chi connectivity index (χ1n) is 6.12. The number of benzene rings is 1. The molecule has 1 aromatic carbocycles. The molecule has 98 valence electrons. The third kappa shape index (κ3) is 2.20. The van der Waals surface area contributed by atoms with E-state index in [-0.39, 0.29) is 11.8 Å². The van der Waals surface area contributed by atoms with Crippen molar-refractivity contribution in [3.05, 3.63) is 29.8 Å². The van der Waals surface area contributed by atoms with Crippen LogP contribution in [0.2, 0.25) is 0 Å². The minimum absolute atomic E-state index is 0.0389. The van der Waals surface area contributed by atoms with E-state index in [1.165, 1.54) is 0 Å². The molecule has 0 saturated carbocycles. The number of β-amino-alcohol motifs (C(OH)–C–C–N with tert-alkyl or cyclic N) is 1. The Morgan fingerprint density at radius 3 is 2.33 bits per heavy atom. The fourth-order valence-corrected chi connectivity index (χ4v) is 2.04. The van der Waals surface area contributed by atoms with E-state index in [9.17, 15) is 9.90 Å². The fourth-order valence-electron chi connectivity index (χ4n) is 2.04. The van der Waals surface area contributed by atoms with Gasteiger partial charge < -0.3 is 14.7 Å². The average molecular weight is 249 g/mol. The summed E-state index contributed by atoms with van der Waals surface area (Å²) in [7, 11) is 1.59. The van der Waals surface area contributed by atoms with Crippen molar-refractivity contribution in [3.8, 4) is 5.75 Å². The van der Waals surface area contributed by atoms with Crippen molar-refractivity contribution < 1.29 is 14.6 Å². The largest absolute Gasteiger partial charge is 0.497 e. The lowest BCUT2D eigenvalue weighted by molar-refractivity contribution is -0.110. The highest BCUT2D eigenvalue weighted by atomic mass is 16.5. The standard InChI is InChI=1S/C14H19NO3/c1-10(2)14(17)8-15(9-14)13(16)11-4-6-12(18-3)7-5-11/h4-7,10,17H,8-9H2,1-3H3. The zero-order valence-corrected chi connectivity index (χ0v) is 11.0. The Labute approximate surface area is 107 Å². The summed E-state index contributed by atoms with van der Waals surface area (Å²) in [5.41, 5.74) is -0.0936. The quantitative estimate of drug-likeness (QED) is 0.884. The summed E-state index contributed by atoms with van der Waals surface area (Å²) in [6, 6.07) is 7.02. The van der Waals surface area contributed by atoms with Gasteiger partial charge in [0, 0.05) is 5.56 Å². The first kappa shape index (κ1) is 12.9. The number of methoxy groups -OCH3 is 1. The molecule has 0 atom stereocenters. The van der Waals surface area contributed by atoms with Crippen molar-refractivity contribution in [1.82, 2.24) is 4.90 Å². The van der Waals surface area contributed by atoms with E-state index < -0.39 is 5.60 Å². The van der Waals surface area contributed by atoms with Crippen LogP contribution in [0.5, 0.6) is 5.75 Å². The molecule has 1 N–H and O–H groups in total. The summed E-state index contributed by atoms with van der Waals surface area (Å²) >= 11 is 0. The zero-order chi connectivity index (χ0) is 13.3. The lowest BCUT2D eigenvalue weighted by atomic mass is 9.82. The Hall–Kier alpha value is -1.55. The number of hydrogen-bond acceptors (Lipinski definition) is 3. The zero-order valence-electron chi connectivity index (χ0n) is 11.0. The molecule has 0 spiro atoms. The van der Waals surface area contributed by atoms with E-state index in [1.54, 1.807) is 36.3 Å². The number of hydrogen-bond donors (Lipinski definition) is 1. The van der Waals surface area contributed by atoms with Gasteiger partial charge in [0.15, 0.2) is 0 Å². The Morgan fingerprint density at radius 2 is 1.89 bits per heavy atom. The number of aliphatic hydroxyl groups is 1. The Morgan fingerprint density at radius 1 is 1.33 bits per heavy atom. The lowest BCUT2D eigenvalue weighted by Crippen LogP contribution is -2.65. The summed E-state index contributed by atoms with van der Waals surface area (Å²) in [5.74, 6) is 0.856. The smallest absolute Gasteiger partial charge is 0.254 e. The third-order valence-corrected chi connectivity index (χ3v) is 3.63. The second-order valence-electron chi connectivity index (χ2n) is 5.15. The number of amides is 1. The Balaban J connectivity index is 2.01. The van der Waals surface area contributed by atoms with Crippen LogP contribution in [0.1, 0.15) is 24.2 Å². The van der Waals surface area contributed by atoms with Gasteiger partial charge in [0.2, 0.25) is 0 Å². The van der Waals surface area contributed by atoms with Crippen molar-refractivity contribution in [3.63, 3.8) is 0 Å². The van der Waals surface area contributed by atoms with Crippen LogP contribution in [-0.2, 0) is 0 Å². The minimum atomic E-state index is -0.720. The molecule has 4 heteroatoms. The van der Waals surface area contributed by atoms with Gasteiger partial charge in [-0.3, -0.25) is 4.79 Å². The molecule has 1 amide bonds. The molecule has 4 nitrogen and oxygen atoms in total. The molecule has 0 aromatic heterocycles. The molecule has 0 radical (unpaired) electrons. The van der Waals surface area contributed by atoms with Crippen LogP contribution in [0.3, 0.4) is 0 Å². The summed E-state index contributed by atoms with van der Waals surface area (Å²) in [6.45, 7) is 4.76. The normalized spacial score (nSPS) is 17.5. The maximum atomic E-state index is 12.1. The molecule has 1 aliphatic heterocycles. The van der Waals surface area contributed by atoms with Gasteiger partial charge in [-0.15, -0.1) is 0 Å². The maximum absolute atomic E-state index is 12.1. The Kier molecular flexibility index (Phi) is 3.30. The second kappa shape index (κ2) is 4.61. The molecule has 2 rings (SSSR count). The van der Waals surface area contributed by atoms with Crippen molar-refractivity contribution in [2.75, 3.05) is 20.2 Å². The molecular formula is C14H19NO3. The summed E-state index contributed by atoms with van der Waals surface area (Å²) < 4.78 is 5.05. The third-order valence-electron chi connectivity index (χ3n) is 3.63. The number of ether oxygens (including phenoxy) is 1. The van der Waals surface area contributed by atoms with Crippen molar-refractivity contribution in [2.45, 2.75) is 19.4 Å². The number of carbonyl (C=O) groups is 1. The Bertz CT molecular complexity index is 433. The van der Waals surface area contributed by atoms with E-state index in [0.717, 1.165) is 5.75 Å². The van der Waals surface area contributed by atoms with E-state index in [2.05, 4.69) is 0 Å². The van der Waals surface area contributed by atoms with Crippen LogP contribution in [0, 0.1) is 5.92 Å². The van der Waals surface area contributed by atoms with E-state index in [0.29, 0.717) is 18.7 Å². The predicted molar refractivity (Wildman–Crippen MR) is 68.7 cm³/mol. The van der Waals surface area contributed by atoms with Gasteiger partial charge in [0.25, 0.3) is 5.91 Å². The molecule has 0 aliphatic carbocycles. The first-order valence-corrected chi connectivity index (χ1v) is 6.12. The molecule has 0 unspecified atom stereocenters. The van der Waals surface area contributed by atoms with Gasteiger partial charge >= 0.3 is 0 Å². The molecule has 1 aromatic rings. The highest BCUT2D eigenvalue weighted by Gasteiger charge is 2.45. The van der Waals surface area contributed by atoms with Gasteiger partial charge in [0.1, 0.15) is 11.4 Å². The first-order chi connectivity index (χ1) is 8.46. The van der Waals surface area contributed by atoms with Gasteiger partial charge in [-0.1, -0.05) is 13.8 Å². The lowest BCUT2D eigenvalue weighted by Gasteiger charge is -2.49. The predicted octanol–water partition coefficient (Wildman–Crippen LogP) is 1.54. The van der Waals surface area contributed by atoms with Crippen LogP contribution >= 0.6 is 0 Å². The summed E-state index contributed by atoms with van der Waals surface area (Å²) in [5, 5.41) is 10.1. The molecular weight excluding hydrogens is 230 g/mol. The molecule has 1 aliphatic rings. The monoisotopic (exact) mass is 249 g/mol. The van der Waals surface area contributed by atoms with Crippen molar-refractivity contribution in [2.24, 2.45) is 5.92 Å².